The van der Waals surface area contributed by atoms with Gasteiger partial charge in [0, 0.05) is 31.7 Å². The molecule has 2 fully saturated rings. The van der Waals surface area contributed by atoms with Crippen LogP contribution in [0.5, 0.6) is 5.75 Å². The van der Waals surface area contributed by atoms with E-state index < -0.39 is 56.1 Å². The molecule has 7 rings (SSSR count). The molecule has 5 aromatic rings. The molecule has 1 unspecified atom stereocenters. The van der Waals surface area contributed by atoms with E-state index in [1.165, 1.54) is 23.0 Å². The number of halogens is 2. The number of rotatable bonds is 8. The fraction of sp³-hybridized carbons (Fsp3) is 0.394. The number of hydrogen-bond donors (Lipinski definition) is 1. The molecule has 0 radical (unpaired) electrons. The van der Waals surface area contributed by atoms with Crippen LogP contribution in [-0.4, -0.2) is 90.6 Å². The fourth-order valence-corrected chi connectivity index (χ4v) is 7.73. The van der Waals surface area contributed by atoms with Crippen molar-refractivity contribution in [1.29, 1.82) is 0 Å². The summed E-state index contributed by atoms with van der Waals surface area (Å²) in [5.74, 6) is -2.26. The van der Waals surface area contributed by atoms with Gasteiger partial charge in [0.2, 0.25) is 0 Å². The molecule has 4 aromatic heterocycles. The molecule has 1 saturated heterocycles. The van der Waals surface area contributed by atoms with Gasteiger partial charge >= 0.3 is 5.69 Å². The van der Waals surface area contributed by atoms with Crippen LogP contribution in [0.4, 0.5) is 14.6 Å². The highest BCUT2D eigenvalue weighted by Gasteiger charge is 2.36. The number of benzene rings is 1. The summed E-state index contributed by atoms with van der Waals surface area (Å²) in [7, 11) is -2.15. The Bertz CT molecular complexity index is 2250. The lowest BCUT2D eigenvalue weighted by Gasteiger charge is -2.40. The summed E-state index contributed by atoms with van der Waals surface area (Å²) in [6.45, 7) is 6.65. The summed E-state index contributed by atoms with van der Waals surface area (Å²) in [6.07, 6.45) is 4.65. The third-order valence-electron chi connectivity index (χ3n) is 9.03. The van der Waals surface area contributed by atoms with Crippen LogP contribution in [0.2, 0.25) is 0 Å². The van der Waals surface area contributed by atoms with E-state index in [0.29, 0.717) is 29.3 Å². The molecule has 13 nitrogen and oxygen atoms in total. The van der Waals surface area contributed by atoms with Gasteiger partial charge in [-0.3, -0.25) is 4.98 Å². The lowest BCUT2D eigenvalue weighted by molar-refractivity contribution is 0.275. The van der Waals surface area contributed by atoms with Crippen molar-refractivity contribution >= 4 is 26.9 Å². The van der Waals surface area contributed by atoms with Crippen molar-refractivity contribution in [2.24, 2.45) is 0 Å². The van der Waals surface area contributed by atoms with Crippen molar-refractivity contribution in [3.8, 4) is 22.7 Å². The number of aromatic hydroxyl groups is 1. The van der Waals surface area contributed by atoms with Crippen molar-refractivity contribution < 1.29 is 22.3 Å². The summed E-state index contributed by atoms with van der Waals surface area (Å²) in [6, 6.07) is 5.67. The lowest BCUT2D eigenvalue weighted by Crippen LogP contribution is -2.55. The van der Waals surface area contributed by atoms with Crippen LogP contribution < -0.4 is 10.6 Å². The first-order valence-corrected chi connectivity index (χ1v) is 17.6. The van der Waals surface area contributed by atoms with Crippen LogP contribution >= 0.6 is 0 Å². The third-order valence-corrected chi connectivity index (χ3v) is 10.6. The molecule has 1 N–H and O–H groups in total. The molecule has 0 bridgehead atoms. The second-order valence-corrected chi connectivity index (χ2v) is 14.9. The van der Waals surface area contributed by atoms with E-state index in [1.54, 1.807) is 24.1 Å². The van der Waals surface area contributed by atoms with Gasteiger partial charge in [0.25, 0.3) is 10.0 Å². The van der Waals surface area contributed by atoms with Gasteiger partial charge in [-0.2, -0.15) is 4.98 Å². The average molecular weight is 692 g/mol. The van der Waals surface area contributed by atoms with Gasteiger partial charge in [-0.15, -0.1) is 9.19 Å². The van der Waals surface area contributed by atoms with Gasteiger partial charge in [-0.05, 0) is 62.6 Å². The van der Waals surface area contributed by atoms with Gasteiger partial charge in [-0.1, -0.05) is 19.9 Å². The summed E-state index contributed by atoms with van der Waals surface area (Å²) in [5.41, 5.74) is -0.178. The highest BCUT2D eigenvalue weighted by atomic mass is 32.2. The number of phenols is 1. The lowest BCUT2D eigenvalue weighted by atomic mass is 10.0. The summed E-state index contributed by atoms with van der Waals surface area (Å²) >= 11 is 0. The number of pyridine rings is 2. The molecular formula is C33H35F2N9O4S. The van der Waals surface area contributed by atoms with Gasteiger partial charge in [0.15, 0.2) is 17.3 Å². The van der Waals surface area contributed by atoms with Gasteiger partial charge in [0.1, 0.15) is 29.4 Å². The maximum atomic E-state index is 16.1. The Morgan fingerprint density at radius 2 is 1.84 bits per heavy atom. The van der Waals surface area contributed by atoms with Crippen molar-refractivity contribution in [2.75, 3.05) is 37.3 Å². The second kappa shape index (κ2) is 12.2. The number of aromatic nitrogens is 7. The molecule has 16 heteroatoms. The zero-order valence-electron chi connectivity index (χ0n) is 27.4. The van der Waals surface area contributed by atoms with Gasteiger partial charge in [-0.25, -0.2) is 36.5 Å². The predicted octanol–water partition coefficient (Wildman–Crippen LogP) is 3.73. The van der Waals surface area contributed by atoms with E-state index in [-0.39, 0.29) is 41.8 Å². The number of hydrogen-bond acceptors (Lipinski definition) is 11. The first-order valence-electron chi connectivity index (χ1n) is 16.0. The number of aryl methyl sites for hydroxylation is 1. The number of piperazine rings is 1. The average Bonchev–Trinajstić information content (AvgIpc) is 3.76. The predicted molar refractivity (Wildman–Crippen MR) is 179 cm³/mol. The van der Waals surface area contributed by atoms with Crippen molar-refractivity contribution in [3.63, 3.8) is 0 Å². The Balaban J connectivity index is 1.44. The summed E-state index contributed by atoms with van der Waals surface area (Å²) in [4.78, 5) is 35.6. The van der Waals surface area contributed by atoms with Crippen molar-refractivity contribution in [2.45, 2.75) is 51.5 Å². The van der Waals surface area contributed by atoms with Crippen molar-refractivity contribution in [3.05, 3.63) is 82.1 Å². The molecule has 5 heterocycles. The maximum absolute atomic E-state index is 16.1. The molecule has 1 aliphatic heterocycles. The Kier molecular flexibility index (Phi) is 8.17. The Labute approximate surface area is 280 Å². The Hall–Kier alpha value is -4.83. The highest BCUT2D eigenvalue weighted by Crippen LogP contribution is 2.38. The van der Waals surface area contributed by atoms with E-state index in [0.717, 1.165) is 29.1 Å². The quantitative estimate of drug-likeness (QED) is 0.253. The zero-order chi connectivity index (χ0) is 34.8. The number of anilines is 1. The molecule has 1 atom stereocenters. The SMILES string of the molecule is Cc1ccnc(C(C)C)c1-n1c(=O)nc(N2CCN(C)CC2CS(=O)(=O)n2cnc(C3CC3)n2)c2cc(F)c(-c3c(O)cccc3F)nc21. The molecular weight excluding hydrogens is 656 g/mol. The molecule has 1 saturated carbocycles. The molecule has 49 heavy (non-hydrogen) atoms. The van der Waals surface area contributed by atoms with Crippen LogP contribution in [-0.2, 0) is 10.0 Å². The van der Waals surface area contributed by atoms with E-state index in [2.05, 4.69) is 25.0 Å². The minimum atomic E-state index is -4.01. The van der Waals surface area contributed by atoms with Crippen LogP contribution in [0.3, 0.4) is 0 Å². The minimum Gasteiger partial charge on any atom is -0.507 e. The van der Waals surface area contributed by atoms with E-state index >= 15 is 8.78 Å². The van der Waals surface area contributed by atoms with Crippen LogP contribution in [0, 0.1) is 18.6 Å². The van der Waals surface area contributed by atoms with Crippen LogP contribution in [0.15, 0.2) is 47.7 Å². The normalized spacial score (nSPS) is 17.4. The first-order chi connectivity index (χ1) is 23.3. The largest absolute Gasteiger partial charge is 0.507 e. The van der Waals surface area contributed by atoms with E-state index in [4.69, 9.17) is 0 Å². The molecule has 1 aliphatic carbocycles. The molecule has 0 spiro atoms. The monoisotopic (exact) mass is 691 g/mol. The maximum Gasteiger partial charge on any atom is 0.355 e. The second-order valence-electron chi connectivity index (χ2n) is 13.0. The summed E-state index contributed by atoms with van der Waals surface area (Å²) < 4.78 is 60.7. The van der Waals surface area contributed by atoms with Crippen molar-refractivity contribution in [1.82, 2.24) is 38.6 Å². The molecule has 256 valence electrons. The Morgan fingerprint density at radius 1 is 1.06 bits per heavy atom. The smallest absolute Gasteiger partial charge is 0.355 e. The first kappa shape index (κ1) is 32.7. The number of nitrogens with zero attached hydrogens (tertiary/aromatic N) is 9. The topological polar surface area (TPSA) is 152 Å². The summed E-state index contributed by atoms with van der Waals surface area (Å²) in [5, 5.41) is 14.9. The van der Waals surface area contributed by atoms with Gasteiger partial charge < -0.3 is 14.9 Å². The highest BCUT2D eigenvalue weighted by molar-refractivity contribution is 7.89. The van der Waals surface area contributed by atoms with Crippen LogP contribution in [0.1, 0.15) is 55.6 Å². The molecule has 0 amide bonds. The third kappa shape index (κ3) is 5.92. The minimum absolute atomic E-state index is 0.0326. The van der Waals surface area contributed by atoms with Gasteiger partial charge in [0.05, 0.1) is 34.1 Å². The molecule has 1 aromatic carbocycles. The standard InChI is InChI=1S/C33H35F2N9O4S/c1-18(2)27-29(19(3)10-11-36-27)44-32-22(14-24(35)28(38-32)26-23(34)6-5-7-25(26)45)31(39-33(44)46)42-13-12-41(4)15-21(42)16-49(47,48)43-17-37-30(40-43)20-8-9-20/h5-7,10-11,14,17-18,20-21,45H,8-9,12-13,15-16H2,1-4H3. The number of phenolic OH excluding ortho intramolecular Hbond substituents is 1. The van der Waals surface area contributed by atoms with Crippen LogP contribution in [0.25, 0.3) is 28.0 Å². The molecule has 2 aliphatic rings. The van der Waals surface area contributed by atoms with E-state index in [9.17, 15) is 18.3 Å². The Morgan fingerprint density at radius 3 is 2.55 bits per heavy atom. The van der Waals surface area contributed by atoms with E-state index in [1.807, 2.05) is 25.8 Å². The zero-order valence-corrected chi connectivity index (χ0v) is 28.2. The number of likely N-dealkylation sites (N-methyl/N-ethyl adjacent to an activating group) is 1. The number of fused-ring (bicyclic) bond motifs is 1. The fourth-order valence-electron chi connectivity index (χ4n) is 6.41.